The Hall–Kier alpha value is -0.540. The van der Waals surface area contributed by atoms with Gasteiger partial charge in [-0.3, -0.25) is 0 Å². The van der Waals surface area contributed by atoms with Crippen molar-refractivity contribution in [2.24, 2.45) is 5.73 Å². The molecule has 0 saturated heterocycles. The van der Waals surface area contributed by atoms with Crippen LogP contribution in [0.5, 0.6) is 5.75 Å². The number of halogens is 1. The highest BCUT2D eigenvalue weighted by Gasteiger charge is 2.09. The van der Waals surface area contributed by atoms with Crippen LogP contribution in [0.25, 0.3) is 0 Å². The van der Waals surface area contributed by atoms with E-state index in [9.17, 15) is 0 Å². The Balaban J connectivity index is 3.37. The number of hydrogen-bond acceptors (Lipinski definition) is 2. The van der Waals surface area contributed by atoms with Crippen molar-refractivity contribution in [1.29, 1.82) is 0 Å². The molecule has 0 heterocycles. The molecule has 1 rings (SSSR count). The van der Waals surface area contributed by atoms with Crippen LogP contribution < -0.4 is 10.5 Å². The zero-order valence-electron chi connectivity index (χ0n) is 8.15. The lowest BCUT2D eigenvalue weighted by Crippen LogP contribution is -2.03. The Kier molecular flexibility index (Phi) is 3.33. The van der Waals surface area contributed by atoms with Crippen LogP contribution in [0.2, 0.25) is 0 Å². The van der Waals surface area contributed by atoms with Crippen molar-refractivity contribution < 1.29 is 4.74 Å². The van der Waals surface area contributed by atoms with Crippen LogP contribution in [-0.2, 0) is 6.54 Å². The molecule has 0 aliphatic rings. The molecule has 1 aromatic rings. The fraction of sp³-hybridized carbons (Fsp3) is 0.400. The number of rotatable bonds is 2. The summed E-state index contributed by atoms with van der Waals surface area (Å²) in [5, 5.41) is 0. The SMILES string of the molecule is COc1cc(C)c(CN)c(C)c1Br. The molecule has 0 aliphatic heterocycles. The van der Waals surface area contributed by atoms with Gasteiger partial charge in [0.25, 0.3) is 0 Å². The minimum atomic E-state index is 0.570. The summed E-state index contributed by atoms with van der Waals surface area (Å²) in [4.78, 5) is 0. The Morgan fingerprint density at radius 1 is 1.46 bits per heavy atom. The minimum Gasteiger partial charge on any atom is -0.496 e. The van der Waals surface area contributed by atoms with Crippen molar-refractivity contribution in [3.8, 4) is 5.75 Å². The van der Waals surface area contributed by atoms with E-state index in [4.69, 9.17) is 10.5 Å². The molecular formula is C10H14BrNO. The van der Waals surface area contributed by atoms with Gasteiger partial charge < -0.3 is 10.5 Å². The first-order chi connectivity index (χ1) is 6.11. The summed E-state index contributed by atoms with van der Waals surface area (Å²) < 4.78 is 6.22. The predicted octanol–water partition coefficient (Wildman–Crippen LogP) is 2.53. The molecule has 0 fully saturated rings. The lowest BCUT2D eigenvalue weighted by atomic mass is 10.0. The van der Waals surface area contributed by atoms with Gasteiger partial charge in [0.05, 0.1) is 11.6 Å². The largest absolute Gasteiger partial charge is 0.496 e. The highest BCUT2D eigenvalue weighted by Crippen LogP contribution is 2.32. The van der Waals surface area contributed by atoms with E-state index in [-0.39, 0.29) is 0 Å². The monoisotopic (exact) mass is 243 g/mol. The first-order valence-electron chi connectivity index (χ1n) is 4.14. The molecule has 3 heteroatoms. The third kappa shape index (κ3) is 1.86. The van der Waals surface area contributed by atoms with Gasteiger partial charge in [-0.25, -0.2) is 0 Å². The van der Waals surface area contributed by atoms with Crippen molar-refractivity contribution in [1.82, 2.24) is 0 Å². The van der Waals surface area contributed by atoms with Crippen LogP contribution in [0, 0.1) is 13.8 Å². The molecule has 0 radical (unpaired) electrons. The molecule has 2 nitrogen and oxygen atoms in total. The van der Waals surface area contributed by atoms with Gasteiger partial charge in [0.15, 0.2) is 0 Å². The van der Waals surface area contributed by atoms with E-state index in [1.54, 1.807) is 7.11 Å². The Bertz CT molecular complexity index is 323. The second kappa shape index (κ2) is 4.11. The number of benzene rings is 1. The first-order valence-corrected chi connectivity index (χ1v) is 4.93. The van der Waals surface area contributed by atoms with Gasteiger partial charge in [-0.05, 0) is 52.5 Å². The van der Waals surface area contributed by atoms with E-state index in [2.05, 4.69) is 15.9 Å². The van der Waals surface area contributed by atoms with Crippen LogP contribution in [0.15, 0.2) is 10.5 Å². The van der Waals surface area contributed by atoms with Crippen LogP contribution in [-0.4, -0.2) is 7.11 Å². The van der Waals surface area contributed by atoms with Gasteiger partial charge >= 0.3 is 0 Å². The molecule has 0 amide bonds. The summed E-state index contributed by atoms with van der Waals surface area (Å²) in [5.41, 5.74) is 9.18. The molecule has 72 valence electrons. The van der Waals surface area contributed by atoms with Crippen LogP contribution >= 0.6 is 15.9 Å². The smallest absolute Gasteiger partial charge is 0.133 e. The van der Waals surface area contributed by atoms with E-state index >= 15 is 0 Å². The molecule has 0 aromatic heterocycles. The van der Waals surface area contributed by atoms with Gasteiger partial charge in [0, 0.05) is 6.54 Å². The third-order valence-electron chi connectivity index (χ3n) is 2.25. The molecule has 0 spiro atoms. The van der Waals surface area contributed by atoms with E-state index in [0.29, 0.717) is 6.54 Å². The van der Waals surface area contributed by atoms with Crippen molar-refractivity contribution in [2.45, 2.75) is 20.4 Å². The van der Waals surface area contributed by atoms with E-state index in [0.717, 1.165) is 10.2 Å². The molecule has 0 atom stereocenters. The number of ether oxygens (including phenoxy) is 1. The summed E-state index contributed by atoms with van der Waals surface area (Å²) in [6.07, 6.45) is 0. The molecule has 0 saturated carbocycles. The van der Waals surface area contributed by atoms with Crippen molar-refractivity contribution in [2.75, 3.05) is 7.11 Å². The maximum Gasteiger partial charge on any atom is 0.133 e. The molecule has 0 bridgehead atoms. The fourth-order valence-corrected chi connectivity index (χ4v) is 1.94. The standard InChI is InChI=1S/C10H14BrNO/c1-6-4-9(13-3)10(11)7(2)8(6)5-12/h4H,5,12H2,1-3H3. The number of nitrogens with two attached hydrogens (primary N) is 1. The summed E-state index contributed by atoms with van der Waals surface area (Å²) in [6, 6.07) is 2.00. The molecule has 0 aliphatic carbocycles. The molecule has 1 aromatic carbocycles. The van der Waals surface area contributed by atoms with Crippen molar-refractivity contribution in [3.63, 3.8) is 0 Å². The second-order valence-corrected chi connectivity index (χ2v) is 3.81. The zero-order valence-corrected chi connectivity index (χ0v) is 9.73. The summed E-state index contributed by atoms with van der Waals surface area (Å²) in [7, 11) is 1.67. The zero-order chi connectivity index (χ0) is 10.0. The van der Waals surface area contributed by atoms with Gasteiger partial charge in [0.2, 0.25) is 0 Å². The quantitative estimate of drug-likeness (QED) is 0.867. The number of methoxy groups -OCH3 is 1. The van der Waals surface area contributed by atoms with Gasteiger partial charge in [-0.15, -0.1) is 0 Å². The van der Waals surface area contributed by atoms with Gasteiger partial charge in [0.1, 0.15) is 5.75 Å². The van der Waals surface area contributed by atoms with Gasteiger partial charge in [-0.1, -0.05) is 0 Å². The lowest BCUT2D eigenvalue weighted by Gasteiger charge is -2.13. The molecule has 0 unspecified atom stereocenters. The minimum absolute atomic E-state index is 0.570. The highest BCUT2D eigenvalue weighted by atomic mass is 79.9. The summed E-state index contributed by atoms with van der Waals surface area (Å²) >= 11 is 3.49. The third-order valence-corrected chi connectivity index (χ3v) is 3.23. The Morgan fingerprint density at radius 2 is 2.08 bits per heavy atom. The molecule has 2 N–H and O–H groups in total. The molecular weight excluding hydrogens is 230 g/mol. The first kappa shape index (κ1) is 10.5. The number of aryl methyl sites for hydroxylation is 1. The second-order valence-electron chi connectivity index (χ2n) is 3.02. The lowest BCUT2D eigenvalue weighted by molar-refractivity contribution is 0.411. The van der Waals surface area contributed by atoms with E-state index in [1.807, 2.05) is 19.9 Å². The summed E-state index contributed by atoms with van der Waals surface area (Å²) in [5.74, 6) is 0.868. The maximum absolute atomic E-state index is 5.65. The normalized spacial score (nSPS) is 10.2. The summed E-state index contributed by atoms with van der Waals surface area (Å²) in [6.45, 7) is 4.66. The van der Waals surface area contributed by atoms with Gasteiger partial charge in [-0.2, -0.15) is 0 Å². The van der Waals surface area contributed by atoms with Crippen molar-refractivity contribution in [3.05, 3.63) is 27.2 Å². The number of hydrogen-bond donors (Lipinski definition) is 1. The van der Waals surface area contributed by atoms with Crippen LogP contribution in [0.4, 0.5) is 0 Å². The maximum atomic E-state index is 5.65. The van der Waals surface area contributed by atoms with E-state index in [1.165, 1.54) is 16.7 Å². The fourth-order valence-electron chi connectivity index (χ4n) is 1.42. The van der Waals surface area contributed by atoms with Crippen LogP contribution in [0.1, 0.15) is 16.7 Å². The molecule has 13 heavy (non-hydrogen) atoms. The Morgan fingerprint density at radius 3 is 2.54 bits per heavy atom. The average molecular weight is 244 g/mol. The predicted molar refractivity (Wildman–Crippen MR) is 58.1 cm³/mol. The van der Waals surface area contributed by atoms with E-state index < -0.39 is 0 Å². The van der Waals surface area contributed by atoms with Crippen molar-refractivity contribution >= 4 is 15.9 Å². The van der Waals surface area contributed by atoms with Crippen LogP contribution in [0.3, 0.4) is 0 Å². The Labute approximate surface area is 87.2 Å². The highest BCUT2D eigenvalue weighted by molar-refractivity contribution is 9.10. The topological polar surface area (TPSA) is 35.2 Å². The average Bonchev–Trinajstić information content (AvgIpc) is 2.12.